The molecule has 0 spiro atoms. The molecule has 3 heteroatoms. The Kier molecular flexibility index (Phi) is 4.26. The van der Waals surface area contributed by atoms with Crippen LogP contribution in [0.3, 0.4) is 0 Å². The van der Waals surface area contributed by atoms with Gasteiger partial charge in [0.25, 0.3) is 0 Å². The zero-order valence-corrected chi connectivity index (χ0v) is 8.03. The third-order valence-electron chi connectivity index (χ3n) is 1.98. The Bertz CT molecular complexity index is 223. The SMILES string of the molecule is CC(CCN)CNc1cccnc1. The number of nitrogens with one attached hydrogen (secondary N) is 1. The highest BCUT2D eigenvalue weighted by Gasteiger charge is 1.99. The minimum Gasteiger partial charge on any atom is -0.384 e. The van der Waals surface area contributed by atoms with E-state index >= 15 is 0 Å². The summed E-state index contributed by atoms with van der Waals surface area (Å²) in [6, 6.07) is 3.94. The number of rotatable bonds is 5. The maximum absolute atomic E-state index is 5.46. The molecule has 1 aromatic heterocycles. The molecule has 0 radical (unpaired) electrons. The van der Waals surface area contributed by atoms with Gasteiger partial charge in [0, 0.05) is 18.9 Å². The minimum absolute atomic E-state index is 0.616. The fourth-order valence-corrected chi connectivity index (χ4v) is 1.15. The standard InChI is InChI=1S/C10H17N3/c1-9(4-5-11)7-13-10-3-2-6-12-8-10/h2-3,6,8-9,13H,4-5,7,11H2,1H3. The van der Waals surface area contributed by atoms with Crippen molar-refractivity contribution in [2.24, 2.45) is 11.7 Å². The maximum Gasteiger partial charge on any atom is 0.0526 e. The molecule has 0 saturated heterocycles. The summed E-state index contributed by atoms with van der Waals surface area (Å²) in [5.74, 6) is 0.616. The number of hydrogen-bond donors (Lipinski definition) is 2. The van der Waals surface area contributed by atoms with Crippen molar-refractivity contribution in [1.29, 1.82) is 0 Å². The lowest BCUT2D eigenvalue weighted by Gasteiger charge is -2.11. The van der Waals surface area contributed by atoms with Crippen molar-refractivity contribution >= 4 is 5.69 Å². The van der Waals surface area contributed by atoms with Crippen LogP contribution in [-0.4, -0.2) is 18.1 Å². The lowest BCUT2D eigenvalue weighted by atomic mass is 10.1. The predicted molar refractivity (Wildman–Crippen MR) is 55.6 cm³/mol. The topological polar surface area (TPSA) is 50.9 Å². The van der Waals surface area contributed by atoms with Crippen LogP contribution in [-0.2, 0) is 0 Å². The van der Waals surface area contributed by atoms with E-state index in [0.717, 1.165) is 25.2 Å². The van der Waals surface area contributed by atoms with Gasteiger partial charge in [0.1, 0.15) is 0 Å². The molecule has 0 fully saturated rings. The van der Waals surface area contributed by atoms with Gasteiger partial charge in [-0.1, -0.05) is 6.92 Å². The molecular formula is C10H17N3. The predicted octanol–water partition coefficient (Wildman–Crippen LogP) is 1.48. The average molecular weight is 179 g/mol. The zero-order chi connectivity index (χ0) is 9.52. The monoisotopic (exact) mass is 179 g/mol. The van der Waals surface area contributed by atoms with E-state index in [1.54, 1.807) is 6.20 Å². The molecule has 0 aromatic carbocycles. The van der Waals surface area contributed by atoms with Gasteiger partial charge in [-0.25, -0.2) is 0 Å². The van der Waals surface area contributed by atoms with Crippen molar-refractivity contribution < 1.29 is 0 Å². The van der Waals surface area contributed by atoms with Crippen molar-refractivity contribution in [1.82, 2.24) is 4.98 Å². The van der Waals surface area contributed by atoms with Crippen molar-refractivity contribution in [3.63, 3.8) is 0 Å². The highest BCUT2D eigenvalue weighted by molar-refractivity contribution is 5.39. The molecule has 72 valence electrons. The van der Waals surface area contributed by atoms with E-state index in [0.29, 0.717) is 5.92 Å². The van der Waals surface area contributed by atoms with Crippen LogP contribution in [0.5, 0.6) is 0 Å². The van der Waals surface area contributed by atoms with Crippen LogP contribution in [0.1, 0.15) is 13.3 Å². The second-order valence-corrected chi connectivity index (χ2v) is 3.31. The Morgan fingerprint density at radius 2 is 2.46 bits per heavy atom. The summed E-state index contributed by atoms with van der Waals surface area (Å²) in [4.78, 5) is 4.02. The van der Waals surface area contributed by atoms with Gasteiger partial charge in [0.05, 0.1) is 5.69 Å². The first kappa shape index (κ1) is 9.99. The van der Waals surface area contributed by atoms with Crippen molar-refractivity contribution in [3.05, 3.63) is 24.5 Å². The summed E-state index contributed by atoms with van der Waals surface area (Å²) in [6.45, 7) is 3.91. The van der Waals surface area contributed by atoms with Gasteiger partial charge in [0.2, 0.25) is 0 Å². The van der Waals surface area contributed by atoms with Gasteiger partial charge in [0.15, 0.2) is 0 Å². The fraction of sp³-hybridized carbons (Fsp3) is 0.500. The quantitative estimate of drug-likeness (QED) is 0.719. The summed E-state index contributed by atoms with van der Waals surface area (Å²) in [5.41, 5.74) is 6.53. The highest BCUT2D eigenvalue weighted by Crippen LogP contribution is 2.05. The van der Waals surface area contributed by atoms with Crippen LogP contribution in [0.4, 0.5) is 5.69 Å². The molecule has 1 aromatic rings. The molecule has 1 unspecified atom stereocenters. The Morgan fingerprint density at radius 3 is 3.08 bits per heavy atom. The third kappa shape index (κ3) is 3.90. The number of nitrogens with two attached hydrogens (primary N) is 1. The lowest BCUT2D eigenvalue weighted by Crippen LogP contribution is -2.15. The molecule has 0 bridgehead atoms. The molecule has 0 aliphatic carbocycles. The van der Waals surface area contributed by atoms with E-state index in [-0.39, 0.29) is 0 Å². The maximum atomic E-state index is 5.46. The fourth-order valence-electron chi connectivity index (χ4n) is 1.15. The molecule has 1 atom stereocenters. The molecule has 13 heavy (non-hydrogen) atoms. The molecule has 0 aliphatic heterocycles. The van der Waals surface area contributed by atoms with Gasteiger partial charge in [-0.3, -0.25) is 4.98 Å². The highest BCUT2D eigenvalue weighted by atomic mass is 14.9. The van der Waals surface area contributed by atoms with Crippen LogP contribution in [0.25, 0.3) is 0 Å². The van der Waals surface area contributed by atoms with Crippen molar-refractivity contribution in [2.45, 2.75) is 13.3 Å². The Hall–Kier alpha value is -1.09. The first-order valence-electron chi connectivity index (χ1n) is 4.67. The van der Waals surface area contributed by atoms with Crippen LogP contribution in [0.2, 0.25) is 0 Å². The van der Waals surface area contributed by atoms with Gasteiger partial charge in [-0.05, 0) is 31.0 Å². The zero-order valence-electron chi connectivity index (χ0n) is 8.03. The van der Waals surface area contributed by atoms with Crippen LogP contribution >= 0.6 is 0 Å². The smallest absolute Gasteiger partial charge is 0.0526 e. The Balaban J connectivity index is 2.27. The molecule has 1 heterocycles. The van der Waals surface area contributed by atoms with E-state index in [2.05, 4.69) is 17.2 Å². The second-order valence-electron chi connectivity index (χ2n) is 3.31. The minimum atomic E-state index is 0.616. The van der Waals surface area contributed by atoms with E-state index in [4.69, 9.17) is 5.73 Å². The van der Waals surface area contributed by atoms with Crippen LogP contribution < -0.4 is 11.1 Å². The Morgan fingerprint density at radius 1 is 1.62 bits per heavy atom. The first-order chi connectivity index (χ1) is 6.33. The molecule has 0 aliphatic rings. The normalized spacial score (nSPS) is 12.5. The summed E-state index contributed by atoms with van der Waals surface area (Å²) >= 11 is 0. The van der Waals surface area contributed by atoms with E-state index in [1.165, 1.54) is 0 Å². The summed E-state index contributed by atoms with van der Waals surface area (Å²) in [5, 5.41) is 3.31. The third-order valence-corrected chi connectivity index (χ3v) is 1.98. The van der Waals surface area contributed by atoms with E-state index in [1.807, 2.05) is 18.3 Å². The molecule has 0 amide bonds. The summed E-state index contributed by atoms with van der Waals surface area (Å²) in [7, 11) is 0. The number of anilines is 1. The first-order valence-corrected chi connectivity index (χ1v) is 4.67. The van der Waals surface area contributed by atoms with Gasteiger partial charge >= 0.3 is 0 Å². The molecule has 0 saturated carbocycles. The lowest BCUT2D eigenvalue weighted by molar-refractivity contribution is 0.568. The molecule has 3 N–H and O–H groups in total. The largest absolute Gasteiger partial charge is 0.384 e. The summed E-state index contributed by atoms with van der Waals surface area (Å²) < 4.78 is 0. The van der Waals surface area contributed by atoms with Crippen LogP contribution in [0, 0.1) is 5.92 Å². The van der Waals surface area contributed by atoms with Gasteiger partial charge < -0.3 is 11.1 Å². The number of aromatic nitrogens is 1. The van der Waals surface area contributed by atoms with E-state index < -0.39 is 0 Å². The molecule has 3 nitrogen and oxygen atoms in total. The number of nitrogens with zero attached hydrogens (tertiary/aromatic N) is 1. The van der Waals surface area contributed by atoms with Crippen molar-refractivity contribution in [2.75, 3.05) is 18.4 Å². The van der Waals surface area contributed by atoms with Gasteiger partial charge in [-0.15, -0.1) is 0 Å². The molecular weight excluding hydrogens is 162 g/mol. The van der Waals surface area contributed by atoms with Crippen LogP contribution in [0.15, 0.2) is 24.5 Å². The van der Waals surface area contributed by atoms with E-state index in [9.17, 15) is 0 Å². The Labute approximate surface area is 79.4 Å². The number of pyridine rings is 1. The van der Waals surface area contributed by atoms with Crippen molar-refractivity contribution in [3.8, 4) is 0 Å². The summed E-state index contributed by atoms with van der Waals surface area (Å²) in [6.07, 6.45) is 4.66. The second kappa shape index (κ2) is 5.54. The average Bonchev–Trinajstić information content (AvgIpc) is 2.17. The van der Waals surface area contributed by atoms with Gasteiger partial charge in [-0.2, -0.15) is 0 Å². The molecule has 1 rings (SSSR count). The number of hydrogen-bond acceptors (Lipinski definition) is 3.